The minimum Gasteiger partial charge on any atom is -0.463 e. The Bertz CT molecular complexity index is 1140. The Morgan fingerprint density at radius 1 is 1.21 bits per heavy atom. The van der Waals surface area contributed by atoms with Crippen LogP contribution in [0.5, 0.6) is 0 Å². The second kappa shape index (κ2) is 7.50. The van der Waals surface area contributed by atoms with Crippen LogP contribution in [0.1, 0.15) is 23.1 Å². The van der Waals surface area contributed by atoms with Crippen LogP contribution in [0.4, 0.5) is 0 Å². The van der Waals surface area contributed by atoms with E-state index < -0.39 is 0 Å². The van der Waals surface area contributed by atoms with E-state index in [4.69, 9.17) is 4.42 Å². The van der Waals surface area contributed by atoms with Gasteiger partial charge in [-0.05, 0) is 35.0 Å². The fourth-order valence-corrected chi connectivity index (χ4v) is 5.56. The van der Waals surface area contributed by atoms with Gasteiger partial charge < -0.3 is 4.42 Å². The SMILES string of the molecule is O=C(CSc1ncnc2sccc12)N1N=C(c2ccco2)C[C@H]1c1cccs1. The first kappa shape index (κ1) is 17.6. The molecule has 0 spiro atoms. The monoisotopic (exact) mass is 426 g/mol. The highest BCUT2D eigenvalue weighted by molar-refractivity contribution is 8.00. The summed E-state index contributed by atoms with van der Waals surface area (Å²) in [5, 5.41) is 12.0. The van der Waals surface area contributed by atoms with E-state index in [1.165, 1.54) is 11.8 Å². The molecule has 5 heterocycles. The molecule has 6 nitrogen and oxygen atoms in total. The molecule has 0 bridgehead atoms. The molecule has 4 aromatic rings. The van der Waals surface area contributed by atoms with Gasteiger partial charge >= 0.3 is 0 Å². The smallest absolute Gasteiger partial charge is 0.253 e. The number of amides is 1. The zero-order valence-corrected chi connectivity index (χ0v) is 17.0. The predicted molar refractivity (Wildman–Crippen MR) is 112 cm³/mol. The van der Waals surface area contributed by atoms with Crippen molar-refractivity contribution in [2.75, 3.05) is 5.75 Å². The lowest BCUT2D eigenvalue weighted by atomic mass is 10.1. The average molecular weight is 427 g/mol. The number of fused-ring (bicyclic) bond motifs is 1. The summed E-state index contributed by atoms with van der Waals surface area (Å²) < 4.78 is 5.49. The molecule has 0 N–H and O–H groups in total. The van der Waals surface area contributed by atoms with Crippen molar-refractivity contribution in [2.45, 2.75) is 17.5 Å². The Hall–Kier alpha value is -2.49. The van der Waals surface area contributed by atoms with Crippen LogP contribution in [0.25, 0.3) is 10.2 Å². The lowest BCUT2D eigenvalue weighted by Crippen LogP contribution is -2.28. The van der Waals surface area contributed by atoms with Gasteiger partial charge in [-0.1, -0.05) is 17.8 Å². The maximum Gasteiger partial charge on any atom is 0.253 e. The van der Waals surface area contributed by atoms with Gasteiger partial charge in [0, 0.05) is 16.7 Å². The van der Waals surface area contributed by atoms with Crippen LogP contribution in [0.15, 0.2) is 68.2 Å². The third-order valence-electron chi connectivity index (χ3n) is 4.40. The van der Waals surface area contributed by atoms with E-state index >= 15 is 0 Å². The molecule has 0 aromatic carbocycles. The molecular weight excluding hydrogens is 412 g/mol. The van der Waals surface area contributed by atoms with Gasteiger partial charge in [-0.3, -0.25) is 4.79 Å². The minimum atomic E-state index is -0.0974. The first-order valence-electron chi connectivity index (χ1n) is 8.57. The number of furan rings is 1. The lowest BCUT2D eigenvalue weighted by Gasteiger charge is -2.20. The maximum atomic E-state index is 13.0. The van der Waals surface area contributed by atoms with E-state index in [1.54, 1.807) is 40.3 Å². The highest BCUT2D eigenvalue weighted by atomic mass is 32.2. The highest BCUT2D eigenvalue weighted by Crippen LogP contribution is 2.36. The van der Waals surface area contributed by atoms with Crippen LogP contribution in [0, 0.1) is 0 Å². The molecular formula is C19H14N4O2S3. The third kappa shape index (κ3) is 3.25. The van der Waals surface area contributed by atoms with Gasteiger partial charge in [0.1, 0.15) is 27.7 Å². The molecule has 0 radical (unpaired) electrons. The first-order chi connectivity index (χ1) is 13.8. The number of carbonyl (C=O) groups is 1. The number of hydrogen-bond donors (Lipinski definition) is 0. The van der Waals surface area contributed by atoms with Crippen molar-refractivity contribution in [1.29, 1.82) is 0 Å². The Morgan fingerprint density at radius 3 is 3.00 bits per heavy atom. The van der Waals surface area contributed by atoms with Crippen molar-refractivity contribution in [3.8, 4) is 0 Å². The van der Waals surface area contributed by atoms with Gasteiger partial charge in [0.05, 0.1) is 18.1 Å². The normalized spacial score (nSPS) is 16.6. The molecule has 5 rings (SSSR count). The van der Waals surface area contributed by atoms with Gasteiger partial charge in [0.15, 0.2) is 0 Å². The highest BCUT2D eigenvalue weighted by Gasteiger charge is 2.34. The van der Waals surface area contributed by atoms with Crippen LogP contribution in [-0.2, 0) is 4.79 Å². The lowest BCUT2D eigenvalue weighted by molar-refractivity contribution is -0.130. The van der Waals surface area contributed by atoms with Crippen molar-refractivity contribution < 1.29 is 9.21 Å². The van der Waals surface area contributed by atoms with Crippen LogP contribution >= 0.6 is 34.4 Å². The van der Waals surface area contributed by atoms with Crippen molar-refractivity contribution >= 4 is 56.3 Å². The summed E-state index contributed by atoms with van der Waals surface area (Å²) in [6, 6.07) is 9.64. The minimum absolute atomic E-state index is 0.0491. The molecule has 4 aromatic heterocycles. The van der Waals surface area contributed by atoms with Crippen molar-refractivity contribution in [3.63, 3.8) is 0 Å². The molecule has 1 atom stereocenters. The van der Waals surface area contributed by atoms with Crippen LogP contribution < -0.4 is 0 Å². The second-order valence-corrected chi connectivity index (χ2v) is 8.94. The number of thiophene rings is 2. The average Bonchev–Trinajstić information content (AvgIpc) is 3.49. The fraction of sp³-hybridized carbons (Fsp3) is 0.158. The van der Waals surface area contributed by atoms with Crippen molar-refractivity contribution in [2.24, 2.45) is 5.10 Å². The molecule has 140 valence electrons. The van der Waals surface area contributed by atoms with Gasteiger partial charge in [0.2, 0.25) is 0 Å². The fourth-order valence-electron chi connectivity index (χ4n) is 3.11. The van der Waals surface area contributed by atoms with E-state index in [0.717, 1.165) is 25.8 Å². The largest absolute Gasteiger partial charge is 0.463 e. The van der Waals surface area contributed by atoms with Crippen LogP contribution in [0.3, 0.4) is 0 Å². The summed E-state index contributed by atoms with van der Waals surface area (Å²) in [5.74, 6) is 0.922. The number of thioether (sulfide) groups is 1. The van der Waals surface area contributed by atoms with Gasteiger partial charge in [-0.15, -0.1) is 22.7 Å². The number of hydrogen-bond acceptors (Lipinski definition) is 8. The van der Waals surface area contributed by atoms with E-state index in [9.17, 15) is 4.79 Å². The summed E-state index contributed by atoms with van der Waals surface area (Å²) in [7, 11) is 0. The van der Waals surface area contributed by atoms with Crippen LogP contribution in [0.2, 0.25) is 0 Å². The number of carbonyl (C=O) groups excluding carboxylic acids is 1. The number of nitrogens with zero attached hydrogens (tertiary/aromatic N) is 4. The summed E-state index contributed by atoms with van der Waals surface area (Å²) >= 11 is 4.62. The van der Waals surface area contributed by atoms with E-state index in [-0.39, 0.29) is 17.7 Å². The second-order valence-electron chi connectivity index (χ2n) is 6.10. The Balaban J connectivity index is 1.38. The summed E-state index contributed by atoms with van der Waals surface area (Å²) in [4.78, 5) is 23.7. The van der Waals surface area contributed by atoms with E-state index in [1.807, 2.05) is 41.1 Å². The Morgan fingerprint density at radius 2 is 2.18 bits per heavy atom. The van der Waals surface area contributed by atoms with Gasteiger partial charge in [-0.25, -0.2) is 15.0 Å². The van der Waals surface area contributed by atoms with E-state index in [2.05, 4.69) is 15.1 Å². The molecule has 0 saturated heterocycles. The summed E-state index contributed by atoms with van der Waals surface area (Å²) in [5.41, 5.74) is 0.795. The van der Waals surface area contributed by atoms with Crippen molar-refractivity contribution in [3.05, 3.63) is 64.3 Å². The molecule has 0 fully saturated rings. The molecule has 9 heteroatoms. The molecule has 0 unspecified atom stereocenters. The molecule has 0 saturated carbocycles. The predicted octanol–water partition coefficient (Wildman–Crippen LogP) is 4.82. The van der Waals surface area contributed by atoms with E-state index in [0.29, 0.717) is 12.2 Å². The number of aromatic nitrogens is 2. The molecule has 28 heavy (non-hydrogen) atoms. The van der Waals surface area contributed by atoms with Crippen molar-refractivity contribution in [1.82, 2.24) is 15.0 Å². The first-order valence-corrected chi connectivity index (χ1v) is 11.3. The summed E-state index contributed by atoms with van der Waals surface area (Å²) in [6.07, 6.45) is 3.81. The van der Waals surface area contributed by atoms with Gasteiger partial charge in [-0.2, -0.15) is 5.10 Å². The zero-order valence-electron chi connectivity index (χ0n) is 14.5. The van der Waals surface area contributed by atoms with Crippen LogP contribution in [-0.4, -0.2) is 32.3 Å². The number of hydrazone groups is 1. The zero-order chi connectivity index (χ0) is 18.9. The third-order valence-corrected chi connectivity index (χ3v) is 7.18. The number of rotatable bonds is 5. The standard InChI is InChI=1S/C19H14N4O2S3/c24-17(10-28-19-12-5-8-27-18(12)20-11-21-19)23-14(16-4-2-7-26-16)9-13(22-23)15-3-1-6-25-15/h1-8,11,14H,9-10H2/t14-/m0/s1. The molecule has 1 aliphatic heterocycles. The summed E-state index contributed by atoms with van der Waals surface area (Å²) in [6.45, 7) is 0. The molecule has 0 aliphatic carbocycles. The molecule has 1 aliphatic rings. The van der Waals surface area contributed by atoms with Gasteiger partial charge in [0.25, 0.3) is 5.91 Å². The Labute approximate surface area is 172 Å². The topological polar surface area (TPSA) is 71.6 Å². The molecule has 1 amide bonds. The quantitative estimate of drug-likeness (QED) is 0.338. The maximum absolute atomic E-state index is 13.0. The Kier molecular flexibility index (Phi) is 4.71.